The van der Waals surface area contributed by atoms with E-state index in [9.17, 15) is 14.0 Å². The molecule has 0 spiro atoms. The second-order valence-corrected chi connectivity index (χ2v) is 4.01. The molecule has 0 saturated heterocycles. The molecule has 0 aliphatic carbocycles. The molecule has 104 valence electrons. The lowest BCUT2D eigenvalue weighted by molar-refractivity contribution is 0.0692. The number of carboxylic acids is 1. The Labute approximate surface area is 111 Å². The number of nitrogens with zero attached hydrogens (tertiary/aromatic N) is 1. The Bertz CT molecular complexity index is 477. The van der Waals surface area contributed by atoms with Gasteiger partial charge in [0.15, 0.2) is 0 Å². The van der Waals surface area contributed by atoms with E-state index in [-0.39, 0.29) is 11.7 Å². The largest absolute Gasteiger partial charge is 0.478 e. The third kappa shape index (κ3) is 3.94. The van der Waals surface area contributed by atoms with Crippen LogP contribution < -0.4 is 5.32 Å². The average Bonchev–Trinajstić information content (AvgIpc) is 2.37. The molecule has 0 fully saturated rings. The summed E-state index contributed by atoms with van der Waals surface area (Å²) in [6, 6.07) is 3.14. The van der Waals surface area contributed by atoms with Gasteiger partial charge in [-0.1, -0.05) is 6.92 Å². The Balaban J connectivity index is 2.85. The highest BCUT2D eigenvalue weighted by Gasteiger charge is 2.14. The zero-order valence-corrected chi connectivity index (χ0v) is 10.9. The van der Waals surface area contributed by atoms with Crippen LogP contribution in [0.15, 0.2) is 18.2 Å². The van der Waals surface area contributed by atoms with Crippen LogP contribution in [-0.2, 0) is 0 Å². The summed E-state index contributed by atoms with van der Waals surface area (Å²) >= 11 is 0. The first-order valence-corrected chi connectivity index (χ1v) is 6.08. The molecule has 19 heavy (non-hydrogen) atoms. The van der Waals surface area contributed by atoms with Crippen molar-refractivity contribution in [3.63, 3.8) is 0 Å². The van der Waals surface area contributed by atoms with Gasteiger partial charge in [0, 0.05) is 18.8 Å². The Morgan fingerprint density at radius 3 is 2.58 bits per heavy atom. The van der Waals surface area contributed by atoms with E-state index in [4.69, 9.17) is 5.11 Å². The molecule has 0 radical (unpaired) electrons. The highest BCUT2D eigenvalue weighted by atomic mass is 19.1. The maximum atomic E-state index is 13.2. The smallest absolute Gasteiger partial charge is 0.338 e. The van der Waals surface area contributed by atoms with Crippen molar-refractivity contribution >= 4 is 17.7 Å². The Kier molecular flexibility index (Phi) is 5.29. The number of carboxylic acid groups (broad SMARTS) is 1. The van der Waals surface area contributed by atoms with Gasteiger partial charge < -0.3 is 15.3 Å². The van der Waals surface area contributed by atoms with Gasteiger partial charge in [-0.2, -0.15) is 0 Å². The average molecular weight is 268 g/mol. The van der Waals surface area contributed by atoms with E-state index in [1.165, 1.54) is 6.07 Å². The summed E-state index contributed by atoms with van der Waals surface area (Å²) < 4.78 is 13.2. The van der Waals surface area contributed by atoms with Crippen LogP contribution in [0.25, 0.3) is 0 Å². The molecular weight excluding hydrogens is 251 g/mol. The quantitative estimate of drug-likeness (QED) is 0.862. The second-order valence-electron chi connectivity index (χ2n) is 4.01. The van der Waals surface area contributed by atoms with Crippen LogP contribution in [0.4, 0.5) is 14.9 Å². The molecule has 1 aromatic rings. The van der Waals surface area contributed by atoms with Crippen molar-refractivity contribution in [2.24, 2.45) is 0 Å². The van der Waals surface area contributed by atoms with Crippen LogP contribution in [0.3, 0.4) is 0 Å². The lowest BCUT2D eigenvalue weighted by atomic mass is 10.2. The number of hydrogen-bond donors (Lipinski definition) is 2. The Morgan fingerprint density at radius 1 is 1.37 bits per heavy atom. The monoisotopic (exact) mass is 268 g/mol. The first kappa shape index (κ1) is 14.9. The van der Waals surface area contributed by atoms with Gasteiger partial charge in [0.2, 0.25) is 0 Å². The highest BCUT2D eigenvalue weighted by molar-refractivity contribution is 5.93. The van der Waals surface area contributed by atoms with Gasteiger partial charge in [-0.15, -0.1) is 0 Å². The van der Waals surface area contributed by atoms with Crippen molar-refractivity contribution in [3.8, 4) is 0 Å². The zero-order valence-electron chi connectivity index (χ0n) is 10.9. The minimum absolute atomic E-state index is 0.262. The standard InChI is InChI=1S/C13H17FN2O3/c1-3-7-16(4-2)13(19)15-9-5-6-11(14)10(8-9)12(17)18/h5-6,8H,3-4,7H2,1-2H3,(H,15,19)(H,17,18). The number of carbonyl (C=O) groups excluding carboxylic acids is 1. The number of rotatable bonds is 5. The van der Waals surface area contributed by atoms with E-state index in [0.29, 0.717) is 13.1 Å². The normalized spacial score (nSPS) is 10.1. The molecule has 0 atom stereocenters. The molecule has 0 heterocycles. The molecule has 2 amide bonds. The van der Waals surface area contributed by atoms with Gasteiger partial charge in [-0.25, -0.2) is 14.0 Å². The van der Waals surface area contributed by atoms with Crippen molar-refractivity contribution < 1.29 is 19.1 Å². The molecule has 0 unspecified atom stereocenters. The molecule has 0 aliphatic rings. The molecule has 6 heteroatoms. The van der Waals surface area contributed by atoms with Crippen molar-refractivity contribution in [3.05, 3.63) is 29.6 Å². The van der Waals surface area contributed by atoms with Crippen LogP contribution in [0.1, 0.15) is 30.6 Å². The summed E-state index contributed by atoms with van der Waals surface area (Å²) in [6.07, 6.45) is 0.824. The number of carbonyl (C=O) groups is 2. The van der Waals surface area contributed by atoms with Gasteiger partial charge in [-0.3, -0.25) is 0 Å². The van der Waals surface area contributed by atoms with Crippen molar-refractivity contribution in [2.45, 2.75) is 20.3 Å². The molecule has 0 bridgehead atoms. The summed E-state index contributed by atoms with van der Waals surface area (Å²) in [4.78, 5) is 24.2. The maximum absolute atomic E-state index is 13.2. The van der Waals surface area contributed by atoms with Gasteiger partial charge in [0.05, 0.1) is 5.56 Å². The van der Waals surface area contributed by atoms with E-state index in [2.05, 4.69) is 5.32 Å². The second kappa shape index (κ2) is 6.72. The fourth-order valence-electron chi connectivity index (χ4n) is 1.64. The van der Waals surface area contributed by atoms with Crippen molar-refractivity contribution in [1.82, 2.24) is 4.90 Å². The molecule has 0 aliphatic heterocycles. The summed E-state index contributed by atoms with van der Waals surface area (Å²) in [5.74, 6) is -2.19. The van der Waals surface area contributed by atoms with Crippen LogP contribution in [0.5, 0.6) is 0 Å². The number of urea groups is 1. The number of nitrogens with one attached hydrogen (secondary N) is 1. The van der Waals surface area contributed by atoms with E-state index in [1.54, 1.807) is 4.90 Å². The summed E-state index contributed by atoms with van der Waals surface area (Å²) in [5, 5.41) is 11.4. The van der Waals surface area contributed by atoms with Gasteiger partial charge in [0.25, 0.3) is 0 Å². The molecule has 1 aromatic carbocycles. The first-order chi connectivity index (χ1) is 8.99. The van der Waals surface area contributed by atoms with Gasteiger partial charge >= 0.3 is 12.0 Å². The van der Waals surface area contributed by atoms with Crippen LogP contribution in [0, 0.1) is 5.82 Å². The van der Waals surface area contributed by atoms with Crippen LogP contribution in [0.2, 0.25) is 0 Å². The highest BCUT2D eigenvalue weighted by Crippen LogP contribution is 2.15. The van der Waals surface area contributed by atoms with Crippen molar-refractivity contribution in [1.29, 1.82) is 0 Å². The van der Waals surface area contributed by atoms with Gasteiger partial charge in [0.1, 0.15) is 5.82 Å². The van der Waals surface area contributed by atoms with E-state index in [0.717, 1.165) is 18.6 Å². The number of aromatic carboxylic acids is 1. The predicted octanol–water partition coefficient (Wildman–Crippen LogP) is 2.79. The summed E-state index contributed by atoms with van der Waals surface area (Å²) in [5.41, 5.74) is -0.199. The number of halogens is 1. The lowest BCUT2D eigenvalue weighted by Gasteiger charge is -2.20. The first-order valence-electron chi connectivity index (χ1n) is 6.08. The van der Waals surface area contributed by atoms with E-state index < -0.39 is 17.3 Å². The van der Waals surface area contributed by atoms with Crippen LogP contribution >= 0.6 is 0 Å². The maximum Gasteiger partial charge on any atom is 0.338 e. The molecule has 0 aromatic heterocycles. The molecule has 0 saturated carbocycles. The fourth-order valence-corrected chi connectivity index (χ4v) is 1.64. The number of hydrogen-bond acceptors (Lipinski definition) is 2. The molecular formula is C13H17FN2O3. The lowest BCUT2D eigenvalue weighted by Crippen LogP contribution is -2.35. The van der Waals surface area contributed by atoms with E-state index >= 15 is 0 Å². The third-order valence-electron chi connectivity index (χ3n) is 2.61. The number of benzene rings is 1. The summed E-state index contributed by atoms with van der Waals surface area (Å²) in [6.45, 7) is 4.96. The molecule has 2 N–H and O–H groups in total. The topological polar surface area (TPSA) is 69.6 Å². The van der Waals surface area contributed by atoms with E-state index in [1.807, 2.05) is 13.8 Å². The third-order valence-corrected chi connectivity index (χ3v) is 2.61. The molecule has 5 nitrogen and oxygen atoms in total. The Morgan fingerprint density at radius 2 is 2.05 bits per heavy atom. The molecule has 1 rings (SSSR count). The predicted molar refractivity (Wildman–Crippen MR) is 69.9 cm³/mol. The minimum atomic E-state index is -1.37. The number of amides is 2. The summed E-state index contributed by atoms with van der Waals surface area (Å²) in [7, 11) is 0. The number of anilines is 1. The SMILES string of the molecule is CCCN(CC)C(=O)Nc1ccc(F)c(C(=O)O)c1. The van der Waals surface area contributed by atoms with Gasteiger partial charge in [-0.05, 0) is 31.5 Å². The fraction of sp³-hybridized carbons (Fsp3) is 0.385. The minimum Gasteiger partial charge on any atom is -0.478 e. The van der Waals surface area contributed by atoms with Crippen LogP contribution in [-0.4, -0.2) is 35.1 Å². The zero-order chi connectivity index (χ0) is 14.4. The Hall–Kier alpha value is -2.11. The van der Waals surface area contributed by atoms with Crippen molar-refractivity contribution in [2.75, 3.05) is 18.4 Å².